The van der Waals surface area contributed by atoms with Crippen molar-refractivity contribution in [2.45, 2.75) is 11.7 Å². The van der Waals surface area contributed by atoms with E-state index in [0.29, 0.717) is 32.4 Å². The third-order valence-corrected chi connectivity index (χ3v) is 6.28. The molecule has 0 aliphatic carbocycles. The van der Waals surface area contributed by atoms with Gasteiger partial charge in [-0.15, -0.1) is 17.9 Å². The zero-order valence-electron chi connectivity index (χ0n) is 16.5. The number of aromatic nitrogens is 2. The van der Waals surface area contributed by atoms with Gasteiger partial charge in [-0.25, -0.2) is 4.98 Å². The maximum atomic E-state index is 13.2. The smallest absolute Gasteiger partial charge is 0.271 e. The molecule has 0 aliphatic rings. The van der Waals surface area contributed by atoms with Crippen LogP contribution >= 0.6 is 23.1 Å². The minimum atomic E-state index is -0.532. The molecule has 0 fully saturated rings. The van der Waals surface area contributed by atoms with Crippen molar-refractivity contribution in [1.29, 1.82) is 0 Å². The Kier molecular flexibility index (Phi) is 6.19. The van der Waals surface area contributed by atoms with E-state index < -0.39 is 4.92 Å². The summed E-state index contributed by atoms with van der Waals surface area (Å²) in [6, 6.07) is 9.21. The maximum absolute atomic E-state index is 13.2. The van der Waals surface area contributed by atoms with Crippen molar-refractivity contribution in [2.24, 2.45) is 0 Å². The molecule has 4 aromatic rings. The lowest BCUT2D eigenvalue weighted by atomic mass is 10.2. The van der Waals surface area contributed by atoms with Gasteiger partial charge in [0.25, 0.3) is 11.2 Å². The van der Waals surface area contributed by atoms with Crippen molar-refractivity contribution in [3.8, 4) is 11.3 Å². The van der Waals surface area contributed by atoms with E-state index in [4.69, 9.17) is 4.42 Å². The second-order valence-electron chi connectivity index (χ2n) is 6.55. The van der Waals surface area contributed by atoms with E-state index in [-0.39, 0.29) is 29.5 Å². The molecular formula is C21H16N4O5S2. The highest BCUT2D eigenvalue weighted by Crippen LogP contribution is 2.32. The Morgan fingerprint density at radius 3 is 2.94 bits per heavy atom. The van der Waals surface area contributed by atoms with Gasteiger partial charge in [-0.05, 0) is 18.2 Å². The molecule has 0 unspecified atom stereocenters. The van der Waals surface area contributed by atoms with Crippen LogP contribution in [0.3, 0.4) is 0 Å². The van der Waals surface area contributed by atoms with Crippen LogP contribution in [0, 0.1) is 10.1 Å². The average molecular weight is 469 g/mol. The average Bonchev–Trinajstić information content (AvgIpc) is 3.44. The van der Waals surface area contributed by atoms with Crippen LogP contribution in [0.5, 0.6) is 0 Å². The van der Waals surface area contributed by atoms with Crippen molar-refractivity contribution in [3.63, 3.8) is 0 Å². The number of fused-ring (bicyclic) bond motifs is 1. The minimum absolute atomic E-state index is 0.0335. The van der Waals surface area contributed by atoms with Gasteiger partial charge in [-0.1, -0.05) is 23.9 Å². The molecule has 3 heterocycles. The van der Waals surface area contributed by atoms with Gasteiger partial charge in [-0.2, -0.15) is 0 Å². The maximum Gasteiger partial charge on any atom is 0.271 e. The number of thiophene rings is 1. The topological polar surface area (TPSA) is 120 Å². The number of furan rings is 1. The zero-order valence-corrected chi connectivity index (χ0v) is 18.1. The third-order valence-electron chi connectivity index (χ3n) is 4.43. The van der Waals surface area contributed by atoms with Crippen LogP contribution in [0.15, 0.2) is 75.1 Å². The van der Waals surface area contributed by atoms with Gasteiger partial charge in [0.05, 0.1) is 22.3 Å². The number of nitro groups is 1. The van der Waals surface area contributed by atoms with Crippen LogP contribution in [0.1, 0.15) is 0 Å². The summed E-state index contributed by atoms with van der Waals surface area (Å²) in [5, 5.41) is 16.2. The Labute approximate surface area is 189 Å². The van der Waals surface area contributed by atoms with Crippen LogP contribution in [0.4, 0.5) is 11.4 Å². The summed E-state index contributed by atoms with van der Waals surface area (Å²) < 4.78 is 6.90. The largest absolute Gasteiger partial charge is 0.464 e. The molecule has 0 saturated heterocycles. The molecule has 4 rings (SSSR count). The number of anilines is 1. The Bertz CT molecular complexity index is 1370. The Morgan fingerprint density at radius 1 is 1.38 bits per heavy atom. The lowest BCUT2D eigenvalue weighted by molar-refractivity contribution is -0.384. The Hall–Kier alpha value is -3.70. The normalized spacial score (nSPS) is 10.9. The molecule has 0 radical (unpaired) electrons. The number of allylic oxidation sites excluding steroid dienone is 1. The number of carbonyl (C=O) groups is 1. The van der Waals surface area contributed by atoms with Gasteiger partial charge in [0.15, 0.2) is 5.16 Å². The molecule has 0 saturated carbocycles. The summed E-state index contributed by atoms with van der Waals surface area (Å²) in [5.41, 5.74) is 0.625. The minimum Gasteiger partial charge on any atom is -0.464 e. The van der Waals surface area contributed by atoms with E-state index in [9.17, 15) is 19.7 Å². The number of carbonyl (C=O) groups excluding carboxylic acids is 1. The van der Waals surface area contributed by atoms with E-state index in [2.05, 4.69) is 16.9 Å². The summed E-state index contributed by atoms with van der Waals surface area (Å²) in [7, 11) is 0. The highest BCUT2D eigenvalue weighted by atomic mass is 32.2. The first-order chi connectivity index (χ1) is 15.5. The zero-order chi connectivity index (χ0) is 22.7. The van der Waals surface area contributed by atoms with E-state index in [1.807, 2.05) is 5.38 Å². The van der Waals surface area contributed by atoms with Gasteiger partial charge < -0.3 is 9.73 Å². The lowest BCUT2D eigenvalue weighted by Crippen LogP contribution is -2.23. The van der Waals surface area contributed by atoms with E-state index in [1.165, 1.54) is 34.1 Å². The first kappa shape index (κ1) is 21.5. The molecule has 162 valence electrons. The van der Waals surface area contributed by atoms with Gasteiger partial charge in [0, 0.05) is 35.3 Å². The predicted molar refractivity (Wildman–Crippen MR) is 124 cm³/mol. The fourth-order valence-corrected chi connectivity index (χ4v) is 4.82. The van der Waals surface area contributed by atoms with Crippen LogP contribution < -0.4 is 10.9 Å². The van der Waals surface area contributed by atoms with Crippen LogP contribution in [-0.2, 0) is 11.3 Å². The van der Waals surface area contributed by atoms with E-state index >= 15 is 0 Å². The Morgan fingerprint density at radius 2 is 2.22 bits per heavy atom. The predicted octanol–water partition coefficient (Wildman–Crippen LogP) is 4.54. The molecular weight excluding hydrogens is 452 g/mol. The second kappa shape index (κ2) is 9.20. The van der Waals surface area contributed by atoms with Crippen molar-refractivity contribution in [3.05, 3.63) is 81.2 Å². The molecule has 11 heteroatoms. The third kappa shape index (κ3) is 4.34. The fraction of sp³-hybridized carbons (Fsp3) is 0.0952. The standard InChI is InChI=1S/C21H16N4O5S2/c1-2-8-24-20(27)18-15(16-7-4-9-30-16)11-31-19(18)23-21(24)32-12-17(26)22-13-5-3-6-14(10-13)25(28)29/h2-7,9-11H,1,8,12H2,(H,22,26). The highest BCUT2D eigenvalue weighted by Gasteiger charge is 2.19. The van der Waals surface area contributed by atoms with Gasteiger partial charge in [0.1, 0.15) is 10.6 Å². The molecule has 1 aromatic carbocycles. The second-order valence-corrected chi connectivity index (χ2v) is 8.35. The van der Waals surface area contributed by atoms with Gasteiger partial charge in [-0.3, -0.25) is 24.3 Å². The number of nitrogens with zero attached hydrogens (tertiary/aromatic N) is 3. The van der Waals surface area contributed by atoms with Gasteiger partial charge >= 0.3 is 0 Å². The molecule has 1 N–H and O–H groups in total. The number of nitro benzene ring substituents is 1. The fourth-order valence-electron chi connectivity index (χ4n) is 3.04. The monoisotopic (exact) mass is 468 g/mol. The first-order valence-electron chi connectivity index (χ1n) is 9.32. The van der Waals surface area contributed by atoms with Gasteiger partial charge in [0.2, 0.25) is 5.91 Å². The summed E-state index contributed by atoms with van der Waals surface area (Å²) >= 11 is 2.42. The molecule has 1 amide bonds. The first-order valence-corrected chi connectivity index (χ1v) is 11.2. The van der Waals surface area contributed by atoms with Crippen LogP contribution in [0.25, 0.3) is 21.5 Å². The number of thioether (sulfide) groups is 1. The molecule has 9 nitrogen and oxygen atoms in total. The molecule has 0 bridgehead atoms. The molecule has 0 atom stereocenters. The number of amides is 1. The molecule has 0 aliphatic heterocycles. The van der Waals surface area contributed by atoms with Crippen molar-refractivity contribution in [1.82, 2.24) is 9.55 Å². The van der Waals surface area contributed by atoms with Crippen molar-refractivity contribution < 1.29 is 14.1 Å². The summed E-state index contributed by atoms with van der Waals surface area (Å²) in [6.07, 6.45) is 3.12. The lowest BCUT2D eigenvalue weighted by Gasteiger charge is -2.10. The number of nitrogens with one attached hydrogen (secondary N) is 1. The SMILES string of the molecule is C=CCn1c(SCC(=O)Nc2cccc([N+](=O)[O-])c2)nc2scc(-c3ccco3)c2c1=O. The summed E-state index contributed by atoms with van der Waals surface area (Å²) in [6.45, 7) is 3.93. The number of rotatable bonds is 8. The van der Waals surface area contributed by atoms with E-state index in [0.717, 1.165) is 11.8 Å². The molecule has 32 heavy (non-hydrogen) atoms. The summed E-state index contributed by atoms with van der Waals surface area (Å²) in [5.74, 6) is 0.170. The van der Waals surface area contributed by atoms with E-state index in [1.54, 1.807) is 30.5 Å². The highest BCUT2D eigenvalue weighted by molar-refractivity contribution is 7.99. The molecule has 0 spiro atoms. The number of hydrogen-bond donors (Lipinski definition) is 1. The van der Waals surface area contributed by atoms with Crippen LogP contribution in [-0.4, -0.2) is 26.1 Å². The number of benzene rings is 1. The number of non-ortho nitro benzene ring substituents is 1. The summed E-state index contributed by atoms with van der Waals surface area (Å²) in [4.78, 5) is 41.1. The Balaban J connectivity index is 1.59. The molecule has 3 aromatic heterocycles. The quantitative estimate of drug-likeness (QED) is 0.132. The van der Waals surface area contributed by atoms with Crippen LogP contribution in [0.2, 0.25) is 0 Å². The number of hydrogen-bond acceptors (Lipinski definition) is 8. The van der Waals surface area contributed by atoms with Crippen molar-refractivity contribution in [2.75, 3.05) is 11.1 Å². The van der Waals surface area contributed by atoms with Crippen molar-refractivity contribution >= 4 is 50.6 Å².